The molecular weight excluding hydrogens is 202 g/mol. The van der Waals surface area contributed by atoms with E-state index in [-0.39, 0.29) is 11.4 Å². The standard InChI is InChI=1S/C12H19N3O/c1-12(2,3)10-8-9(6-7-13-10)14-11(16)15(4)5/h6-8H,1-5H3,(H,13,14,16). The van der Waals surface area contributed by atoms with Gasteiger partial charge in [-0.2, -0.15) is 0 Å². The monoisotopic (exact) mass is 221 g/mol. The van der Waals surface area contributed by atoms with Gasteiger partial charge in [0.2, 0.25) is 0 Å². The highest BCUT2D eigenvalue weighted by atomic mass is 16.2. The summed E-state index contributed by atoms with van der Waals surface area (Å²) in [5.41, 5.74) is 1.72. The van der Waals surface area contributed by atoms with E-state index in [0.29, 0.717) is 0 Å². The second-order valence-corrected chi connectivity index (χ2v) is 5.00. The first-order valence-corrected chi connectivity index (χ1v) is 5.25. The molecule has 1 aromatic rings. The summed E-state index contributed by atoms with van der Waals surface area (Å²) in [6.07, 6.45) is 1.71. The van der Waals surface area contributed by atoms with E-state index in [1.54, 1.807) is 26.4 Å². The third-order valence-corrected chi connectivity index (χ3v) is 2.19. The normalized spacial score (nSPS) is 11.1. The number of aromatic nitrogens is 1. The molecule has 1 aromatic heterocycles. The lowest BCUT2D eigenvalue weighted by Crippen LogP contribution is -2.27. The van der Waals surface area contributed by atoms with E-state index >= 15 is 0 Å². The number of nitrogens with zero attached hydrogens (tertiary/aromatic N) is 2. The maximum absolute atomic E-state index is 11.5. The molecule has 0 spiro atoms. The second-order valence-electron chi connectivity index (χ2n) is 5.00. The minimum atomic E-state index is -0.133. The largest absolute Gasteiger partial charge is 0.331 e. The van der Waals surface area contributed by atoms with Crippen molar-refractivity contribution in [3.8, 4) is 0 Å². The molecule has 0 aliphatic carbocycles. The Labute approximate surface area is 96.7 Å². The number of anilines is 1. The van der Waals surface area contributed by atoms with Crippen LogP contribution in [-0.2, 0) is 5.41 Å². The van der Waals surface area contributed by atoms with E-state index in [1.165, 1.54) is 4.90 Å². The molecule has 0 radical (unpaired) electrons. The number of pyridine rings is 1. The van der Waals surface area contributed by atoms with Gasteiger partial charge in [-0.25, -0.2) is 4.79 Å². The highest BCUT2D eigenvalue weighted by Gasteiger charge is 2.16. The Hall–Kier alpha value is -1.58. The van der Waals surface area contributed by atoms with Crippen LogP contribution in [0.5, 0.6) is 0 Å². The van der Waals surface area contributed by atoms with Crippen molar-refractivity contribution in [3.05, 3.63) is 24.0 Å². The lowest BCUT2D eigenvalue weighted by atomic mass is 9.91. The van der Waals surface area contributed by atoms with Gasteiger partial charge >= 0.3 is 6.03 Å². The summed E-state index contributed by atoms with van der Waals surface area (Å²) >= 11 is 0. The molecule has 0 saturated heterocycles. The van der Waals surface area contributed by atoms with E-state index in [2.05, 4.69) is 31.1 Å². The molecule has 1 rings (SSSR count). The Morgan fingerprint density at radius 2 is 2.00 bits per heavy atom. The third kappa shape index (κ3) is 3.22. The van der Waals surface area contributed by atoms with Crippen LogP contribution in [0.15, 0.2) is 18.3 Å². The zero-order valence-electron chi connectivity index (χ0n) is 10.5. The minimum absolute atomic E-state index is 0.0150. The average Bonchev–Trinajstić information content (AvgIpc) is 2.16. The smallest absolute Gasteiger partial charge is 0.321 e. The summed E-state index contributed by atoms with van der Waals surface area (Å²) in [5, 5.41) is 2.80. The van der Waals surface area contributed by atoms with Crippen molar-refractivity contribution < 1.29 is 4.79 Å². The van der Waals surface area contributed by atoms with Crippen LogP contribution >= 0.6 is 0 Å². The van der Waals surface area contributed by atoms with Gasteiger partial charge in [0.1, 0.15) is 0 Å². The number of carbonyl (C=O) groups excluding carboxylic acids is 1. The van der Waals surface area contributed by atoms with Crippen LogP contribution < -0.4 is 5.32 Å². The van der Waals surface area contributed by atoms with Crippen molar-refractivity contribution in [1.29, 1.82) is 0 Å². The molecule has 0 saturated carbocycles. The predicted molar refractivity (Wildman–Crippen MR) is 65.6 cm³/mol. The van der Waals surface area contributed by atoms with Crippen molar-refractivity contribution in [3.63, 3.8) is 0 Å². The van der Waals surface area contributed by atoms with Crippen molar-refractivity contribution in [2.75, 3.05) is 19.4 Å². The van der Waals surface area contributed by atoms with Gasteiger partial charge in [0, 0.05) is 37.1 Å². The first-order valence-electron chi connectivity index (χ1n) is 5.25. The molecule has 4 heteroatoms. The van der Waals surface area contributed by atoms with Crippen LogP contribution in [0.1, 0.15) is 26.5 Å². The molecule has 0 aromatic carbocycles. The highest BCUT2D eigenvalue weighted by Crippen LogP contribution is 2.22. The van der Waals surface area contributed by atoms with E-state index in [0.717, 1.165) is 11.4 Å². The van der Waals surface area contributed by atoms with E-state index < -0.39 is 0 Å². The Kier molecular flexibility index (Phi) is 3.52. The Morgan fingerprint density at radius 3 is 2.50 bits per heavy atom. The molecule has 0 unspecified atom stereocenters. The Balaban J connectivity index is 2.88. The van der Waals surface area contributed by atoms with E-state index in [9.17, 15) is 4.79 Å². The van der Waals surface area contributed by atoms with Gasteiger partial charge in [-0.3, -0.25) is 4.98 Å². The first kappa shape index (κ1) is 12.5. The second kappa shape index (κ2) is 4.51. The average molecular weight is 221 g/mol. The maximum Gasteiger partial charge on any atom is 0.321 e. The summed E-state index contributed by atoms with van der Waals surface area (Å²) in [5.74, 6) is 0. The molecule has 2 amide bonds. The van der Waals surface area contributed by atoms with Crippen LogP contribution in [0.3, 0.4) is 0 Å². The minimum Gasteiger partial charge on any atom is -0.331 e. The van der Waals surface area contributed by atoms with Crippen LogP contribution in [0.2, 0.25) is 0 Å². The highest BCUT2D eigenvalue weighted by molar-refractivity contribution is 5.88. The summed E-state index contributed by atoms with van der Waals surface area (Å²) in [6, 6.07) is 3.56. The quantitative estimate of drug-likeness (QED) is 0.791. The molecule has 0 atom stereocenters. The zero-order valence-corrected chi connectivity index (χ0v) is 10.5. The van der Waals surface area contributed by atoms with Crippen molar-refractivity contribution in [1.82, 2.24) is 9.88 Å². The number of carbonyl (C=O) groups is 1. The SMILES string of the molecule is CN(C)C(=O)Nc1ccnc(C(C)(C)C)c1. The van der Waals surface area contributed by atoms with Gasteiger partial charge in [-0.05, 0) is 12.1 Å². The lowest BCUT2D eigenvalue weighted by Gasteiger charge is -2.19. The van der Waals surface area contributed by atoms with Crippen LogP contribution in [0.25, 0.3) is 0 Å². The molecule has 4 nitrogen and oxygen atoms in total. The summed E-state index contributed by atoms with van der Waals surface area (Å²) in [7, 11) is 3.42. The fourth-order valence-corrected chi connectivity index (χ4v) is 1.15. The first-order chi connectivity index (χ1) is 7.30. The van der Waals surface area contributed by atoms with Gasteiger partial charge in [-0.1, -0.05) is 20.8 Å². The molecule has 16 heavy (non-hydrogen) atoms. The van der Waals surface area contributed by atoms with Gasteiger partial charge in [-0.15, -0.1) is 0 Å². The molecule has 0 aliphatic rings. The number of amides is 2. The number of rotatable bonds is 1. The lowest BCUT2D eigenvalue weighted by molar-refractivity contribution is 0.230. The van der Waals surface area contributed by atoms with Crippen LogP contribution in [0.4, 0.5) is 10.5 Å². The van der Waals surface area contributed by atoms with Gasteiger partial charge in [0.05, 0.1) is 0 Å². The maximum atomic E-state index is 11.5. The van der Waals surface area contributed by atoms with Gasteiger partial charge in [0.25, 0.3) is 0 Å². The number of hydrogen-bond acceptors (Lipinski definition) is 2. The van der Waals surface area contributed by atoms with Crippen molar-refractivity contribution in [2.45, 2.75) is 26.2 Å². The van der Waals surface area contributed by atoms with Crippen molar-refractivity contribution >= 4 is 11.7 Å². The van der Waals surface area contributed by atoms with Crippen LogP contribution in [0, 0.1) is 0 Å². The predicted octanol–water partition coefficient (Wildman–Crippen LogP) is 2.47. The fourth-order valence-electron chi connectivity index (χ4n) is 1.15. The van der Waals surface area contributed by atoms with Gasteiger partial charge in [0.15, 0.2) is 0 Å². The van der Waals surface area contributed by atoms with Crippen molar-refractivity contribution in [2.24, 2.45) is 0 Å². The van der Waals surface area contributed by atoms with E-state index in [4.69, 9.17) is 0 Å². The third-order valence-electron chi connectivity index (χ3n) is 2.19. The number of nitrogens with one attached hydrogen (secondary N) is 1. The number of hydrogen-bond donors (Lipinski definition) is 1. The molecule has 0 fully saturated rings. The summed E-state index contributed by atoms with van der Waals surface area (Å²) < 4.78 is 0. The summed E-state index contributed by atoms with van der Waals surface area (Å²) in [4.78, 5) is 17.3. The molecule has 1 N–H and O–H groups in total. The van der Waals surface area contributed by atoms with E-state index in [1.807, 2.05) is 6.07 Å². The Morgan fingerprint density at radius 1 is 1.38 bits per heavy atom. The van der Waals surface area contributed by atoms with Crippen LogP contribution in [-0.4, -0.2) is 30.0 Å². The molecule has 88 valence electrons. The molecule has 0 bridgehead atoms. The molecule has 0 aliphatic heterocycles. The summed E-state index contributed by atoms with van der Waals surface area (Å²) in [6.45, 7) is 6.27. The fraction of sp³-hybridized carbons (Fsp3) is 0.500. The molecule has 1 heterocycles. The zero-order chi connectivity index (χ0) is 12.3. The molecular formula is C12H19N3O. The van der Waals surface area contributed by atoms with Gasteiger partial charge < -0.3 is 10.2 Å². The Bertz CT molecular complexity index is 380. The topological polar surface area (TPSA) is 45.2 Å². The number of urea groups is 1.